The maximum atomic E-state index is 0. The zero-order chi connectivity index (χ0) is 0. The second-order valence-corrected chi connectivity index (χ2v) is 0. The van der Waals surface area contributed by atoms with E-state index < -0.39 is 0 Å². The minimum absolute atomic E-state index is 0. The van der Waals surface area contributed by atoms with Gasteiger partial charge >= 0.3 is 23.9 Å². The summed E-state index contributed by atoms with van der Waals surface area (Å²) in [5.74, 6) is 0. The first-order valence-electron chi connectivity index (χ1n) is 0. The monoisotopic (exact) mass is 275 g/mol. The van der Waals surface area contributed by atoms with Crippen LogP contribution in [0.5, 0.6) is 0 Å². The van der Waals surface area contributed by atoms with Crippen molar-refractivity contribution in [3.05, 3.63) is 0 Å². The van der Waals surface area contributed by atoms with E-state index in [9.17, 15) is 0 Å². The molecule has 3 radical (unpaired) electrons. The van der Waals surface area contributed by atoms with Gasteiger partial charge in [-0.1, -0.05) is 0 Å². The molecule has 0 saturated carbocycles. The molecular weight excluding hydrogens is 269 g/mol. The van der Waals surface area contributed by atoms with Crippen LogP contribution in [0.25, 0.3) is 0 Å². The predicted molar refractivity (Wildman–Crippen MR) is 19.9 cm³/mol. The molecule has 0 fully saturated rings. The fourth-order valence-corrected chi connectivity index (χ4v) is 0. The predicted octanol–water partition coefficient (Wildman–Crippen LogP) is -2.37. The molecule has 0 unspecified atom stereocenters. The Labute approximate surface area is 67.9 Å². The summed E-state index contributed by atoms with van der Waals surface area (Å²) in [6.45, 7) is 0. The van der Waals surface area contributed by atoms with Gasteiger partial charge < -0.3 is 0 Å². The summed E-state index contributed by atoms with van der Waals surface area (Å²) in [6, 6.07) is 0. The van der Waals surface area contributed by atoms with Crippen molar-refractivity contribution in [3.8, 4) is 0 Å². The van der Waals surface area contributed by atoms with Crippen LogP contribution in [-0.2, 0) is 33.6 Å². The third-order valence-electron chi connectivity index (χ3n) is 0. The Balaban J connectivity index is 0. The van der Waals surface area contributed by atoms with E-state index in [1.807, 2.05) is 0 Å². The van der Waals surface area contributed by atoms with E-state index in [4.69, 9.17) is 0 Å². The van der Waals surface area contributed by atoms with E-state index in [2.05, 4.69) is 0 Å². The van der Waals surface area contributed by atoms with Crippen LogP contribution in [0, 0.1) is 0 Å². The molecule has 0 atom stereocenters. The summed E-state index contributed by atoms with van der Waals surface area (Å²) in [5, 5.41) is 0. The van der Waals surface area contributed by atoms with E-state index >= 15 is 0 Å². The molecule has 0 N–H and O–H groups in total. The molecule has 0 amide bonds. The Morgan fingerprint density at radius 2 is 1.00 bits per heavy atom. The molecule has 0 aromatic rings. The molecule has 0 nitrogen and oxygen atoms in total. The van der Waals surface area contributed by atoms with Crippen molar-refractivity contribution in [2.45, 2.75) is 0 Å². The van der Waals surface area contributed by atoms with Crippen LogP contribution < -0.4 is 0 Å². The normalized spacial score (nSPS) is 0. The summed E-state index contributed by atoms with van der Waals surface area (Å²) in [5.41, 5.74) is 0. The van der Waals surface area contributed by atoms with Gasteiger partial charge in [0.25, 0.3) is 0 Å². The molecule has 0 aromatic carbocycles. The molecule has 0 aliphatic heterocycles. The fraction of sp³-hybridized carbons (Fsp3) is 0. The molecule has 0 aliphatic rings. The minimum atomic E-state index is 0. The third-order valence-corrected chi connectivity index (χ3v) is 0. The summed E-state index contributed by atoms with van der Waals surface area (Å²) in [7, 11) is 0. The van der Waals surface area contributed by atoms with Crippen molar-refractivity contribution in [2.75, 3.05) is 0 Å². The Hall–Kier alpha value is 2.03. The summed E-state index contributed by atoms with van der Waals surface area (Å²) in [4.78, 5) is 0. The van der Waals surface area contributed by atoms with Gasteiger partial charge in [-0.05, 0) is 11.0 Å². The number of hydrogen-bond donors (Lipinski definition) is 0. The fourth-order valence-electron chi connectivity index (χ4n) is 0. The van der Waals surface area contributed by atoms with E-state index in [1.54, 1.807) is 0 Å². The molecule has 0 saturated heterocycles. The SMILES string of the molecule is [Cu].[Ni].[SiH4].[SnH2]. The van der Waals surface area contributed by atoms with Crippen LogP contribution in [0.2, 0.25) is 0 Å². The summed E-state index contributed by atoms with van der Waals surface area (Å²) >= 11 is 0. The molecule has 0 aromatic heterocycles. The molecule has 35 valence electrons. The van der Waals surface area contributed by atoms with Crippen LogP contribution in [0.3, 0.4) is 0 Å². The van der Waals surface area contributed by atoms with Crippen molar-refractivity contribution in [3.63, 3.8) is 0 Å². The first-order chi connectivity index (χ1) is 0. The molecule has 0 rings (SSSR count). The summed E-state index contributed by atoms with van der Waals surface area (Å²) in [6.07, 6.45) is 0. The average Bonchev–Trinajstić information content (AvgIpc) is 0. The van der Waals surface area contributed by atoms with Crippen LogP contribution in [0.15, 0.2) is 0 Å². The van der Waals surface area contributed by atoms with Gasteiger partial charge in [-0.25, -0.2) is 0 Å². The Bertz CT molecular complexity index is 8.00. The molecular formula is H6CuNiSiSn. The average molecular weight is 275 g/mol. The van der Waals surface area contributed by atoms with Gasteiger partial charge in [0.05, 0.1) is 0 Å². The van der Waals surface area contributed by atoms with E-state index in [-0.39, 0.29) is 68.4 Å². The quantitative estimate of drug-likeness (QED) is 0.433. The van der Waals surface area contributed by atoms with E-state index in [0.717, 1.165) is 0 Å². The topological polar surface area (TPSA) is 0 Å². The first-order valence-corrected chi connectivity index (χ1v) is 0. The molecule has 0 bridgehead atoms. The van der Waals surface area contributed by atoms with Crippen molar-refractivity contribution < 1.29 is 33.6 Å². The van der Waals surface area contributed by atoms with Gasteiger partial charge in [0, 0.05) is 33.6 Å². The molecule has 0 heterocycles. The maximum absolute atomic E-state index is 0. The standard InChI is InChI=1S/Cu.Ni.H4Si.Sn.2H/h;;1H4;;;. The molecule has 4 heavy (non-hydrogen) atoms. The van der Waals surface area contributed by atoms with Gasteiger partial charge in [0.1, 0.15) is 0 Å². The van der Waals surface area contributed by atoms with Gasteiger partial charge in [0.15, 0.2) is 0 Å². The number of rotatable bonds is 0. The second-order valence-electron chi connectivity index (χ2n) is 0. The first kappa shape index (κ1) is 37.0. The van der Waals surface area contributed by atoms with E-state index in [0.29, 0.717) is 0 Å². The van der Waals surface area contributed by atoms with E-state index in [1.165, 1.54) is 0 Å². The van der Waals surface area contributed by atoms with Crippen molar-refractivity contribution in [1.29, 1.82) is 0 Å². The van der Waals surface area contributed by atoms with Crippen molar-refractivity contribution >= 4 is 34.9 Å². The molecule has 0 spiro atoms. The zero-order valence-electron chi connectivity index (χ0n) is 1.32. The van der Waals surface area contributed by atoms with Crippen LogP contribution >= 0.6 is 0 Å². The van der Waals surface area contributed by atoms with Gasteiger partial charge in [-0.3, -0.25) is 0 Å². The van der Waals surface area contributed by atoms with Gasteiger partial charge in [0.2, 0.25) is 0 Å². The zero-order valence-corrected chi connectivity index (χ0v) is 7.29. The summed E-state index contributed by atoms with van der Waals surface area (Å²) < 4.78 is 0. The Morgan fingerprint density at radius 1 is 1.00 bits per heavy atom. The van der Waals surface area contributed by atoms with Crippen molar-refractivity contribution in [1.82, 2.24) is 0 Å². The van der Waals surface area contributed by atoms with Gasteiger partial charge in [-0.15, -0.1) is 0 Å². The van der Waals surface area contributed by atoms with Crippen molar-refractivity contribution in [2.24, 2.45) is 0 Å². The van der Waals surface area contributed by atoms with Crippen LogP contribution in [0.4, 0.5) is 0 Å². The van der Waals surface area contributed by atoms with Crippen LogP contribution in [0.1, 0.15) is 0 Å². The third kappa shape index (κ3) is 8.98. The number of hydrogen-bond acceptors (Lipinski definition) is 0. The Morgan fingerprint density at radius 3 is 1.00 bits per heavy atom. The van der Waals surface area contributed by atoms with Gasteiger partial charge in [-0.2, -0.15) is 0 Å². The van der Waals surface area contributed by atoms with Crippen LogP contribution in [-0.4, -0.2) is 34.9 Å². The molecule has 0 aliphatic carbocycles. The Kier molecular flexibility index (Phi) is 184. The second kappa shape index (κ2) is 19.8. The molecule has 4 heteroatoms.